The molecule has 0 saturated heterocycles. The summed E-state index contributed by atoms with van der Waals surface area (Å²) in [4.78, 5) is 15.4. The third-order valence-corrected chi connectivity index (χ3v) is 2.02. The summed E-state index contributed by atoms with van der Waals surface area (Å²) >= 11 is 0. The Morgan fingerprint density at radius 1 is 1.12 bits per heavy atom. The maximum Gasteiger partial charge on any atom is 0.323 e. The molecule has 0 atom stereocenters. The van der Waals surface area contributed by atoms with Gasteiger partial charge in [0, 0.05) is 18.0 Å². The second-order valence-electron chi connectivity index (χ2n) is 3.37. The average molecular weight is 229 g/mol. The number of carbonyl (C=O) groups is 1. The van der Waals surface area contributed by atoms with Crippen molar-refractivity contribution in [2.24, 2.45) is 0 Å². The molecule has 0 radical (unpaired) electrons. The van der Waals surface area contributed by atoms with Crippen LogP contribution in [0.5, 0.6) is 5.75 Å². The van der Waals surface area contributed by atoms with Crippen LogP contribution in [0, 0.1) is 0 Å². The van der Waals surface area contributed by atoms with Crippen molar-refractivity contribution in [1.82, 2.24) is 4.98 Å². The van der Waals surface area contributed by atoms with Crippen LogP contribution in [-0.4, -0.2) is 16.1 Å². The van der Waals surface area contributed by atoms with Gasteiger partial charge in [0.05, 0.1) is 11.9 Å². The topological polar surface area (TPSA) is 74.2 Å². The van der Waals surface area contributed by atoms with Crippen LogP contribution in [0.1, 0.15) is 0 Å². The Morgan fingerprint density at radius 2 is 1.88 bits per heavy atom. The highest BCUT2D eigenvalue weighted by atomic mass is 16.3. The molecule has 17 heavy (non-hydrogen) atoms. The lowest BCUT2D eigenvalue weighted by atomic mass is 10.3. The molecule has 5 nitrogen and oxygen atoms in total. The van der Waals surface area contributed by atoms with Gasteiger partial charge in [0.1, 0.15) is 5.75 Å². The number of anilines is 2. The van der Waals surface area contributed by atoms with Crippen LogP contribution in [0.3, 0.4) is 0 Å². The van der Waals surface area contributed by atoms with Gasteiger partial charge in [-0.3, -0.25) is 4.98 Å². The summed E-state index contributed by atoms with van der Waals surface area (Å²) in [7, 11) is 0. The molecule has 0 fully saturated rings. The largest absolute Gasteiger partial charge is 0.508 e. The first-order chi connectivity index (χ1) is 8.24. The Balaban J connectivity index is 1.98. The highest BCUT2D eigenvalue weighted by Crippen LogP contribution is 2.15. The van der Waals surface area contributed by atoms with E-state index in [1.807, 2.05) is 0 Å². The molecule has 3 N–H and O–H groups in total. The van der Waals surface area contributed by atoms with Crippen molar-refractivity contribution in [3.8, 4) is 5.75 Å². The van der Waals surface area contributed by atoms with E-state index in [-0.39, 0.29) is 11.8 Å². The van der Waals surface area contributed by atoms with Gasteiger partial charge in [-0.1, -0.05) is 6.07 Å². The van der Waals surface area contributed by atoms with Crippen molar-refractivity contribution < 1.29 is 9.90 Å². The number of phenolic OH excluding ortho intramolecular Hbond substituents is 1. The molecule has 0 aliphatic heterocycles. The van der Waals surface area contributed by atoms with E-state index in [9.17, 15) is 9.90 Å². The molecule has 86 valence electrons. The van der Waals surface area contributed by atoms with Gasteiger partial charge in [-0.25, -0.2) is 4.79 Å². The van der Waals surface area contributed by atoms with Crippen molar-refractivity contribution in [1.29, 1.82) is 0 Å². The van der Waals surface area contributed by atoms with E-state index in [0.29, 0.717) is 11.4 Å². The SMILES string of the molecule is O=C(Nc1cccnc1)Nc1cccc(O)c1. The number of hydrogen-bond donors (Lipinski definition) is 3. The first-order valence-electron chi connectivity index (χ1n) is 5.01. The Bertz CT molecular complexity index is 514. The van der Waals surface area contributed by atoms with Crippen molar-refractivity contribution in [3.05, 3.63) is 48.8 Å². The third kappa shape index (κ3) is 3.20. The van der Waals surface area contributed by atoms with E-state index in [1.165, 1.54) is 12.1 Å². The fraction of sp³-hybridized carbons (Fsp3) is 0. The molecule has 0 saturated carbocycles. The molecule has 2 rings (SSSR count). The van der Waals surface area contributed by atoms with E-state index in [0.717, 1.165) is 0 Å². The Kier molecular flexibility index (Phi) is 3.20. The zero-order valence-electron chi connectivity index (χ0n) is 8.92. The number of rotatable bonds is 2. The fourth-order valence-corrected chi connectivity index (χ4v) is 1.31. The molecule has 1 heterocycles. The van der Waals surface area contributed by atoms with Crippen LogP contribution < -0.4 is 10.6 Å². The van der Waals surface area contributed by atoms with E-state index in [2.05, 4.69) is 15.6 Å². The van der Waals surface area contributed by atoms with Crippen LogP contribution in [0.15, 0.2) is 48.8 Å². The number of nitrogens with zero attached hydrogens (tertiary/aromatic N) is 1. The third-order valence-electron chi connectivity index (χ3n) is 2.02. The first-order valence-corrected chi connectivity index (χ1v) is 5.01. The lowest BCUT2D eigenvalue weighted by molar-refractivity contribution is 0.262. The lowest BCUT2D eigenvalue weighted by Crippen LogP contribution is -2.19. The van der Waals surface area contributed by atoms with Crippen molar-refractivity contribution >= 4 is 17.4 Å². The second kappa shape index (κ2) is 4.98. The van der Waals surface area contributed by atoms with Crippen molar-refractivity contribution in [2.45, 2.75) is 0 Å². The Morgan fingerprint density at radius 3 is 2.59 bits per heavy atom. The van der Waals surface area contributed by atoms with Crippen molar-refractivity contribution in [3.63, 3.8) is 0 Å². The van der Waals surface area contributed by atoms with Gasteiger partial charge in [-0.2, -0.15) is 0 Å². The molecule has 1 aromatic carbocycles. The maximum absolute atomic E-state index is 11.6. The van der Waals surface area contributed by atoms with Crippen LogP contribution in [0.25, 0.3) is 0 Å². The molecule has 2 aromatic rings. The zero-order valence-corrected chi connectivity index (χ0v) is 8.92. The number of phenols is 1. The summed E-state index contributed by atoms with van der Waals surface area (Å²) in [6, 6.07) is 9.40. The number of amides is 2. The number of benzene rings is 1. The predicted octanol–water partition coefficient (Wildman–Crippen LogP) is 2.43. The van der Waals surface area contributed by atoms with E-state index in [4.69, 9.17) is 0 Å². The predicted molar refractivity (Wildman–Crippen MR) is 65.0 cm³/mol. The number of urea groups is 1. The Hall–Kier alpha value is -2.56. The highest BCUT2D eigenvalue weighted by Gasteiger charge is 2.02. The number of carbonyl (C=O) groups excluding carboxylic acids is 1. The number of aromatic hydroxyl groups is 1. The molecule has 0 aliphatic carbocycles. The summed E-state index contributed by atoms with van der Waals surface area (Å²) in [6.07, 6.45) is 3.17. The molecule has 0 unspecified atom stereocenters. The quantitative estimate of drug-likeness (QED) is 0.740. The second-order valence-corrected chi connectivity index (χ2v) is 3.37. The summed E-state index contributed by atoms with van der Waals surface area (Å²) in [6.45, 7) is 0. The summed E-state index contributed by atoms with van der Waals surface area (Å²) in [5, 5.41) is 14.4. The molecule has 1 aromatic heterocycles. The number of nitrogens with one attached hydrogen (secondary N) is 2. The minimum absolute atomic E-state index is 0.101. The standard InChI is InChI=1S/C12H11N3O2/c16-11-5-1-3-9(7-11)14-12(17)15-10-4-2-6-13-8-10/h1-8,16H,(H2,14,15,17). The Labute approximate surface area is 98.1 Å². The molecule has 0 aliphatic rings. The molecule has 0 spiro atoms. The highest BCUT2D eigenvalue weighted by molar-refractivity contribution is 5.99. The summed E-state index contributed by atoms with van der Waals surface area (Å²) < 4.78 is 0. The first kappa shape index (κ1) is 10.9. The summed E-state index contributed by atoms with van der Waals surface area (Å²) in [5.41, 5.74) is 1.12. The van der Waals surface area contributed by atoms with Crippen LogP contribution in [0.2, 0.25) is 0 Å². The van der Waals surface area contributed by atoms with Gasteiger partial charge in [0.2, 0.25) is 0 Å². The molecule has 5 heteroatoms. The smallest absolute Gasteiger partial charge is 0.323 e. The zero-order chi connectivity index (χ0) is 12.1. The molecule has 0 bridgehead atoms. The van der Waals surface area contributed by atoms with Gasteiger partial charge < -0.3 is 15.7 Å². The number of hydrogen-bond acceptors (Lipinski definition) is 3. The van der Waals surface area contributed by atoms with Gasteiger partial charge in [-0.05, 0) is 24.3 Å². The van der Waals surface area contributed by atoms with Crippen molar-refractivity contribution in [2.75, 3.05) is 10.6 Å². The average Bonchev–Trinajstić information content (AvgIpc) is 2.30. The van der Waals surface area contributed by atoms with Gasteiger partial charge in [-0.15, -0.1) is 0 Å². The number of aromatic nitrogens is 1. The maximum atomic E-state index is 11.6. The minimum atomic E-state index is -0.386. The fourth-order valence-electron chi connectivity index (χ4n) is 1.31. The minimum Gasteiger partial charge on any atom is -0.508 e. The van der Waals surface area contributed by atoms with Crippen LogP contribution in [0.4, 0.5) is 16.2 Å². The normalized spacial score (nSPS) is 9.65. The van der Waals surface area contributed by atoms with Gasteiger partial charge >= 0.3 is 6.03 Å². The van der Waals surface area contributed by atoms with Gasteiger partial charge in [0.15, 0.2) is 0 Å². The monoisotopic (exact) mass is 229 g/mol. The molecule has 2 amide bonds. The summed E-state index contributed by atoms with van der Waals surface area (Å²) in [5.74, 6) is 0.101. The van der Waals surface area contributed by atoms with E-state index >= 15 is 0 Å². The van der Waals surface area contributed by atoms with Crippen LogP contribution >= 0.6 is 0 Å². The number of pyridine rings is 1. The van der Waals surface area contributed by atoms with E-state index in [1.54, 1.807) is 36.7 Å². The van der Waals surface area contributed by atoms with Gasteiger partial charge in [0.25, 0.3) is 0 Å². The molecular weight excluding hydrogens is 218 g/mol. The van der Waals surface area contributed by atoms with Crippen LogP contribution in [-0.2, 0) is 0 Å². The molecular formula is C12H11N3O2. The van der Waals surface area contributed by atoms with E-state index < -0.39 is 0 Å². The lowest BCUT2D eigenvalue weighted by Gasteiger charge is -2.07.